The first-order valence-corrected chi connectivity index (χ1v) is 7.96. The van der Waals surface area contributed by atoms with Crippen LogP contribution in [-0.4, -0.2) is 15.5 Å². The second kappa shape index (κ2) is 5.93. The summed E-state index contributed by atoms with van der Waals surface area (Å²) in [4.78, 5) is 0.0182. The normalized spacial score (nSPS) is 11.4. The molecule has 0 spiro atoms. The van der Waals surface area contributed by atoms with E-state index < -0.39 is 10.0 Å². The molecule has 0 unspecified atom stereocenters. The maximum atomic E-state index is 11.7. The van der Waals surface area contributed by atoms with Crippen LogP contribution in [0.25, 0.3) is 0 Å². The van der Waals surface area contributed by atoms with Crippen LogP contribution < -0.4 is 15.2 Å². The van der Waals surface area contributed by atoms with Crippen molar-refractivity contribution in [1.29, 1.82) is 0 Å². The fourth-order valence-electron chi connectivity index (χ4n) is 1.76. The summed E-state index contributed by atoms with van der Waals surface area (Å²) in [6, 6.07) is 9.66. The molecule has 0 heterocycles. The van der Waals surface area contributed by atoms with Gasteiger partial charge in [-0.05, 0) is 49.9 Å². The van der Waals surface area contributed by atoms with E-state index in [1.807, 2.05) is 6.92 Å². The summed E-state index contributed by atoms with van der Waals surface area (Å²) < 4.78 is 31.3. The first-order chi connectivity index (χ1) is 9.83. The third-order valence-corrected chi connectivity index (χ3v) is 4.82. The SMILES string of the molecule is CNS(=O)(=O)c1ccc(Oc2ccc(Cl)c(C)c2)cc1N. The quantitative estimate of drug-likeness (QED) is 0.846. The highest BCUT2D eigenvalue weighted by atomic mass is 35.5. The van der Waals surface area contributed by atoms with Gasteiger partial charge in [-0.1, -0.05) is 11.6 Å². The second-order valence-corrected chi connectivity index (χ2v) is 6.68. The van der Waals surface area contributed by atoms with Crippen molar-refractivity contribution in [3.63, 3.8) is 0 Å². The van der Waals surface area contributed by atoms with Gasteiger partial charge in [0.2, 0.25) is 10.0 Å². The van der Waals surface area contributed by atoms with Gasteiger partial charge in [-0.3, -0.25) is 0 Å². The Bertz CT molecular complexity index is 776. The molecule has 0 amide bonds. The van der Waals surface area contributed by atoms with Crippen LogP contribution in [0.4, 0.5) is 5.69 Å². The summed E-state index contributed by atoms with van der Waals surface area (Å²) in [5.74, 6) is 1.05. The minimum atomic E-state index is -3.58. The van der Waals surface area contributed by atoms with Gasteiger partial charge in [0.25, 0.3) is 0 Å². The Morgan fingerprint density at radius 3 is 2.33 bits per heavy atom. The van der Waals surface area contributed by atoms with Crippen LogP contribution in [0.15, 0.2) is 41.3 Å². The molecule has 3 N–H and O–H groups in total. The largest absolute Gasteiger partial charge is 0.457 e. The van der Waals surface area contributed by atoms with E-state index in [0.29, 0.717) is 16.5 Å². The molecule has 112 valence electrons. The van der Waals surface area contributed by atoms with Gasteiger partial charge in [-0.25, -0.2) is 13.1 Å². The summed E-state index contributed by atoms with van der Waals surface area (Å²) in [6.45, 7) is 1.87. The van der Waals surface area contributed by atoms with Crippen LogP contribution in [-0.2, 0) is 10.0 Å². The molecular weight excluding hydrogens is 312 g/mol. The average molecular weight is 327 g/mol. The molecule has 0 saturated heterocycles. The maximum absolute atomic E-state index is 11.7. The molecule has 0 aliphatic rings. The Hall–Kier alpha value is -1.76. The number of rotatable bonds is 4. The van der Waals surface area contributed by atoms with Gasteiger partial charge in [0.05, 0.1) is 5.69 Å². The van der Waals surface area contributed by atoms with E-state index in [1.165, 1.54) is 19.2 Å². The Kier molecular flexibility index (Phi) is 4.41. The van der Waals surface area contributed by atoms with Crippen molar-refractivity contribution < 1.29 is 13.2 Å². The third kappa shape index (κ3) is 3.47. The van der Waals surface area contributed by atoms with E-state index >= 15 is 0 Å². The predicted octanol–water partition coefficient (Wildman–Crippen LogP) is 2.93. The molecule has 0 bridgehead atoms. The van der Waals surface area contributed by atoms with Crippen LogP contribution in [0.1, 0.15) is 5.56 Å². The highest BCUT2D eigenvalue weighted by Gasteiger charge is 2.15. The first-order valence-electron chi connectivity index (χ1n) is 6.10. The molecule has 0 aromatic heterocycles. The van der Waals surface area contributed by atoms with Crippen LogP contribution in [0.3, 0.4) is 0 Å². The molecule has 0 fully saturated rings. The number of halogens is 1. The molecular formula is C14H15ClN2O3S. The molecule has 7 heteroatoms. The van der Waals surface area contributed by atoms with Crippen molar-refractivity contribution >= 4 is 27.3 Å². The molecule has 0 radical (unpaired) electrons. The number of hydrogen-bond acceptors (Lipinski definition) is 4. The number of nitrogens with two attached hydrogens (primary N) is 1. The minimum absolute atomic E-state index is 0.0182. The smallest absolute Gasteiger partial charge is 0.242 e. The van der Waals surface area contributed by atoms with Gasteiger partial charge in [-0.2, -0.15) is 0 Å². The standard InChI is InChI=1S/C14H15ClN2O3S/c1-9-7-10(3-5-12(9)15)20-11-4-6-14(13(16)8-11)21(18,19)17-2/h3-8,17H,16H2,1-2H3. The Morgan fingerprint density at radius 2 is 1.76 bits per heavy atom. The van der Waals surface area contributed by atoms with Crippen molar-refractivity contribution in [2.45, 2.75) is 11.8 Å². The Morgan fingerprint density at radius 1 is 1.14 bits per heavy atom. The number of sulfonamides is 1. The number of hydrogen-bond donors (Lipinski definition) is 2. The zero-order chi connectivity index (χ0) is 15.6. The lowest BCUT2D eigenvalue weighted by molar-refractivity contribution is 0.482. The zero-order valence-electron chi connectivity index (χ0n) is 11.6. The topological polar surface area (TPSA) is 81.4 Å². The van der Waals surface area contributed by atoms with Gasteiger partial charge in [0.1, 0.15) is 16.4 Å². The van der Waals surface area contributed by atoms with Gasteiger partial charge in [-0.15, -0.1) is 0 Å². The monoisotopic (exact) mass is 326 g/mol. The third-order valence-electron chi connectivity index (χ3n) is 2.90. The van der Waals surface area contributed by atoms with E-state index in [-0.39, 0.29) is 10.6 Å². The predicted molar refractivity (Wildman–Crippen MR) is 83.4 cm³/mol. The van der Waals surface area contributed by atoms with Crippen molar-refractivity contribution in [1.82, 2.24) is 4.72 Å². The molecule has 0 saturated carbocycles. The summed E-state index contributed by atoms with van der Waals surface area (Å²) in [6.07, 6.45) is 0. The number of benzene rings is 2. The van der Waals surface area contributed by atoms with Gasteiger partial charge in [0, 0.05) is 11.1 Å². The van der Waals surface area contributed by atoms with E-state index in [2.05, 4.69) is 4.72 Å². The second-order valence-electron chi connectivity index (χ2n) is 4.42. The molecule has 5 nitrogen and oxygen atoms in total. The lowest BCUT2D eigenvalue weighted by Crippen LogP contribution is -2.19. The highest BCUT2D eigenvalue weighted by molar-refractivity contribution is 7.89. The van der Waals surface area contributed by atoms with Crippen molar-refractivity contribution in [2.75, 3.05) is 12.8 Å². The zero-order valence-corrected chi connectivity index (χ0v) is 13.1. The maximum Gasteiger partial charge on any atom is 0.242 e. The van der Waals surface area contributed by atoms with Crippen LogP contribution in [0.2, 0.25) is 5.02 Å². The lowest BCUT2D eigenvalue weighted by atomic mass is 10.2. The molecule has 2 aromatic rings. The Labute approximate surface area is 128 Å². The van der Waals surface area contributed by atoms with Crippen LogP contribution >= 0.6 is 11.6 Å². The number of anilines is 1. The van der Waals surface area contributed by atoms with E-state index in [4.69, 9.17) is 22.1 Å². The summed E-state index contributed by atoms with van der Waals surface area (Å²) in [7, 11) is -2.25. The summed E-state index contributed by atoms with van der Waals surface area (Å²) >= 11 is 5.95. The molecule has 0 aliphatic carbocycles. The number of nitrogens with one attached hydrogen (secondary N) is 1. The van der Waals surface area contributed by atoms with Crippen molar-refractivity contribution in [2.24, 2.45) is 0 Å². The van der Waals surface area contributed by atoms with Gasteiger partial charge >= 0.3 is 0 Å². The average Bonchev–Trinajstić information content (AvgIpc) is 2.43. The van der Waals surface area contributed by atoms with Crippen LogP contribution in [0, 0.1) is 6.92 Å². The number of ether oxygens (including phenoxy) is 1. The molecule has 0 atom stereocenters. The fourth-order valence-corrected chi connectivity index (χ4v) is 2.72. The lowest BCUT2D eigenvalue weighted by Gasteiger charge is -2.10. The molecule has 21 heavy (non-hydrogen) atoms. The van der Waals surface area contributed by atoms with Crippen molar-refractivity contribution in [3.8, 4) is 11.5 Å². The van der Waals surface area contributed by atoms with E-state index in [0.717, 1.165) is 5.56 Å². The van der Waals surface area contributed by atoms with Crippen molar-refractivity contribution in [3.05, 3.63) is 47.0 Å². The van der Waals surface area contributed by atoms with E-state index in [1.54, 1.807) is 24.3 Å². The van der Waals surface area contributed by atoms with E-state index in [9.17, 15) is 8.42 Å². The Balaban J connectivity index is 2.30. The first kappa shape index (κ1) is 15.6. The fraction of sp³-hybridized carbons (Fsp3) is 0.143. The molecule has 0 aliphatic heterocycles. The number of aryl methyl sites for hydroxylation is 1. The summed E-state index contributed by atoms with van der Waals surface area (Å²) in [5, 5.41) is 0.650. The van der Waals surface area contributed by atoms with Crippen LogP contribution in [0.5, 0.6) is 11.5 Å². The van der Waals surface area contributed by atoms with Gasteiger partial charge < -0.3 is 10.5 Å². The molecule has 2 aromatic carbocycles. The minimum Gasteiger partial charge on any atom is -0.457 e. The number of nitrogen functional groups attached to an aromatic ring is 1. The highest BCUT2D eigenvalue weighted by Crippen LogP contribution is 2.29. The summed E-state index contributed by atoms with van der Waals surface area (Å²) in [5.41, 5.74) is 6.77. The van der Waals surface area contributed by atoms with Gasteiger partial charge in [0.15, 0.2) is 0 Å². The molecule has 2 rings (SSSR count).